The first-order chi connectivity index (χ1) is 17.6. The number of anilines is 2. The van der Waals surface area contributed by atoms with Gasteiger partial charge in [-0.3, -0.25) is 14.9 Å². The molecule has 4 rings (SSSR count). The summed E-state index contributed by atoms with van der Waals surface area (Å²) < 4.78 is 5.69. The molecule has 2 amide bonds. The topological polar surface area (TPSA) is 84.5 Å². The maximum absolute atomic E-state index is 12.7. The lowest BCUT2D eigenvalue weighted by molar-refractivity contribution is -0.116. The highest BCUT2D eigenvalue weighted by atomic mass is 16.6. The summed E-state index contributed by atoms with van der Waals surface area (Å²) in [7, 11) is 0. The van der Waals surface area contributed by atoms with E-state index in [-0.39, 0.29) is 12.0 Å². The van der Waals surface area contributed by atoms with Crippen LogP contribution in [0.4, 0.5) is 16.2 Å². The molecule has 0 atom stereocenters. The number of carbonyl (C=O) groups excluding carboxylic acids is 3. The van der Waals surface area contributed by atoms with Crippen LogP contribution in [0.1, 0.15) is 60.9 Å². The standard InChI is InChI=1S/C30H32N2O4/c33-21-23-14-17-25(18-15-23)31-29(34)13-7-8-22-16-19-27(24-9-3-1-4-10-24)28(20-22)32-30(35)36-26-11-5-2-6-12-26/h1,3-4,9-10,14-21,26H,2,5-8,11-13H2,(H,31,34)(H,32,35). The third-order valence-corrected chi connectivity index (χ3v) is 6.43. The first-order valence-corrected chi connectivity index (χ1v) is 12.6. The van der Waals surface area contributed by atoms with E-state index in [1.165, 1.54) is 6.42 Å². The van der Waals surface area contributed by atoms with Gasteiger partial charge >= 0.3 is 6.09 Å². The first kappa shape index (κ1) is 25.2. The van der Waals surface area contributed by atoms with Crippen LogP contribution in [0, 0.1) is 0 Å². The third-order valence-electron chi connectivity index (χ3n) is 6.43. The van der Waals surface area contributed by atoms with Crippen molar-refractivity contribution in [2.75, 3.05) is 10.6 Å². The van der Waals surface area contributed by atoms with E-state index < -0.39 is 6.09 Å². The van der Waals surface area contributed by atoms with Gasteiger partial charge < -0.3 is 10.1 Å². The summed E-state index contributed by atoms with van der Waals surface area (Å²) in [6, 6.07) is 22.7. The van der Waals surface area contributed by atoms with Gasteiger partial charge in [0.2, 0.25) is 5.91 Å². The molecule has 1 aliphatic carbocycles. The average molecular weight is 485 g/mol. The molecule has 0 spiro atoms. The molecule has 6 heteroatoms. The molecule has 0 aliphatic heterocycles. The van der Waals surface area contributed by atoms with Crippen LogP contribution in [0.5, 0.6) is 0 Å². The SMILES string of the molecule is O=Cc1ccc(NC(=O)CCCc2ccc(-c3ccccc3)c(NC(=O)OC3CCCCC3)c2)cc1. The molecular weight excluding hydrogens is 452 g/mol. The molecule has 0 bridgehead atoms. The van der Waals surface area contributed by atoms with Crippen LogP contribution >= 0.6 is 0 Å². The molecule has 36 heavy (non-hydrogen) atoms. The quantitative estimate of drug-likeness (QED) is 0.320. The lowest BCUT2D eigenvalue weighted by Gasteiger charge is -2.22. The highest BCUT2D eigenvalue weighted by Gasteiger charge is 2.19. The predicted octanol–water partition coefficient (Wildman–Crippen LogP) is 7.01. The molecular formula is C30H32N2O4. The molecule has 0 heterocycles. The van der Waals surface area contributed by atoms with Gasteiger partial charge in [0, 0.05) is 23.2 Å². The molecule has 3 aromatic carbocycles. The third kappa shape index (κ3) is 7.28. The number of ether oxygens (including phenoxy) is 1. The Morgan fingerprint density at radius 3 is 2.36 bits per heavy atom. The van der Waals surface area contributed by atoms with Crippen LogP contribution in [0.3, 0.4) is 0 Å². The Balaban J connectivity index is 1.38. The van der Waals surface area contributed by atoms with Gasteiger partial charge in [-0.2, -0.15) is 0 Å². The van der Waals surface area contributed by atoms with Crippen molar-refractivity contribution in [3.63, 3.8) is 0 Å². The van der Waals surface area contributed by atoms with Gasteiger partial charge in [0.1, 0.15) is 12.4 Å². The van der Waals surface area contributed by atoms with Crippen LogP contribution < -0.4 is 10.6 Å². The zero-order valence-electron chi connectivity index (χ0n) is 20.4. The van der Waals surface area contributed by atoms with E-state index in [0.29, 0.717) is 36.2 Å². The van der Waals surface area contributed by atoms with Crippen molar-refractivity contribution >= 4 is 29.7 Å². The van der Waals surface area contributed by atoms with Gasteiger partial charge in [0.05, 0.1) is 5.69 Å². The number of amides is 2. The second-order valence-electron chi connectivity index (χ2n) is 9.18. The lowest BCUT2D eigenvalue weighted by atomic mass is 9.98. The number of aldehydes is 1. The van der Waals surface area contributed by atoms with Gasteiger partial charge in [-0.15, -0.1) is 0 Å². The van der Waals surface area contributed by atoms with Crippen molar-refractivity contribution in [3.05, 3.63) is 83.9 Å². The normalized spacial score (nSPS) is 13.6. The van der Waals surface area contributed by atoms with Crippen LogP contribution in [0.2, 0.25) is 0 Å². The Kier molecular flexibility index (Phi) is 8.87. The number of nitrogens with one attached hydrogen (secondary N) is 2. The fourth-order valence-corrected chi connectivity index (χ4v) is 4.52. The van der Waals surface area contributed by atoms with E-state index in [9.17, 15) is 14.4 Å². The Labute approximate surface area is 212 Å². The molecule has 186 valence electrons. The second kappa shape index (κ2) is 12.7. The molecule has 0 saturated heterocycles. The number of hydrogen-bond donors (Lipinski definition) is 2. The summed E-state index contributed by atoms with van der Waals surface area (Å²) in [5, 5.41) is 5.83. The van der Waals surface area contributed by atoms with Gasteiger partial charge in [0.25, 0.3) is 0 Å². The highest BCUT2D eigenvalue weighted by Crippen LogP contribution is 2.30. The number of aryl methyl sites for hydroxylation is 1. The average Bonchev–Trinajstić information content (AvgIpc) is 2.90. The fourth-order valence-electron chi connectivity index (χ4n) is 4.52. The Hall–Kier alpha value is -3.93. The van der Waals surface area contributed by atoms with E-state index in [1.807, 2.05) is 48.5 Å². The van der Waals surface area contributed by atoms with Gasteiger partial charge in [-0.1, -0.05) is 48.9 Å². The fraction of sp³-hybridized carbons (Fsp3) is 0.300. The molecule has 0 aromatic heterocycles. The summed E-state index contributed by atoms with van der Waals surface area (Å²) in [4.78, 5) is 35.8. The van der Waals surface area contributed by atoms with Crippen LogP contribution in [0.25, 0.3) is 11.1 Å². The number of rotatable bonds is 9. The predicted molar refractivity (Wildman–Crippen MR) is 142 cm³/mol. The summed E-state index contributed by atoms with van der Waals surface area (Å²) in [5.74, 6) is -0.0795. The van der Waals surface area contributed by atoms with Crippen molar-refractivity contribution < 1.29 is 19.1 Å². The molecule has 0 radical (unpaired) electrons. The molecule has 1 fully saturated rings. The molecule has 1 aliphatic rings. The smallest absolute Gasteiger partial charge is 0.411 e. The number of carbonyl (C=O) groups is 3. The lowest BCUT2D eigenvalue weighted by Crippen LogP contribution is -2.24. The van der Waals surface area contributed by atoms with Crippen molar-refractivity contribution in [2.24, 2.45) is 0 Å². The summed E-state index contributed by atoms with van der Waals surface area (Å²) in [6.07, 6.45) is 7.28. The van der Waals surface area contributed by atoms with Crippen LogP contribution in [-0.2, 0) is 16.0 Å². The van der Waals surface area contributed by atoms with Crippen molar-refractivity contribution in [1.82, 2.24) is 0 Å². The van der Waals surface area contributed by atoms with E-state index in [2.05, 4.69) is 10.6 Å². The minimum atomic E-state index is -0.420. The maximum Gasteiger partial charge on any atom is 0.411 e. The van der Waals surface area contributed by atoms with E-state index >= 15 is 0 Å². The van der Waals surface area contributed by atoms with Gasteiger partial charge in [0.15, 0.2) is 0 Å². The summed E-state index contributed by atoms with van der Waals surface area (Å²) in [5.41, 5.74) is 4.92. The van der Waals surface area contributed by atoms with E-state index in [1.54, 1.807) is 24.3 Å². The van der Waals surface area contributed by atoms with Crippen molar-refractivity contribution in [2.45, 2.75) is 57.5 Å². The number of hydrogen-bond acceptors (Lipinski definition) is 4. The minimum absolute atomic E-state index is 0.0183. The zero-order valence-corrected chi connectivity index (χ0v) is 20.4. The highest BCUT2D eigenvalue weighted by molar-refractivity contribution is 5.92. The zero-order chi connectivity index (χ0) is 25.2. The molecule has 1 saturated carbocycles. The molecule has 6 nitrogen and oxygen atoms in total. The minimum Gasteiger partial charge on any atom is -0.446 e. The molecule has 0 unspecified atom stereocenters. The van der Waals surface area contributed by atoms with Gasteiger partial charge in [-0.25, -0.2) is 4.79 Å². The first-order valence-electron chi connectivity index (χ1n) is 12.6. The summed E-state index contributed by atoms with van der Waals surface area (Å²) in [6.45, 7) is 0. The van der Waals surface area contributed by atoms with Gasteiger partial charge in [-0.05, 0) is 80.0 Å². The van der Waals surface area contributed by atoms with E-state index in [4.69, 9.17) is 4.74 Å². The Morgan fingerprint density at radius 1 is 0.889 bits per heavy atom. The monoisotopic (exact) mass is 484 g/mol. The van der Waals surface area contributed by atoms with Crippen molar-refractivity contribution in [1.29, 1.82) is 0 Å². The molecule has 2 N–H and O–H groups in total. The second-order valence-corrected chi connectivity index (χ2v) is 9.18. The van der Waals surface area contributed by atoms with Crippen LogP contribution in [0.15, 0.2) is 72.8 Å². The summed E-state index contributed by atoms with van der Waals surface area (Å²) >= 11 is 0. The maximum atomic E-state index is 12.7. The van der Waals surface area contributed by atoms with E-state index in [0.717, 1.165) is 48.7 Å². The van der Waals surface area contributed by atoms with Crippen LogP contribution in [-0.4, -0.2) is 24.4 Å². The largest absolute Gasteiger partial charge is 0.446 e. The number of benzene rings is 3. The Morgan fingerprint density at radius 2 is 1.64 bits per heavy atom. The van der Waals surface area contributed by atoms with Crippen molar-refractivity contribution in [3.8, 4) is 11.1 Å². The Bertz CT molecular complexity index is 1170. The molecule has 3 aromatic rings.